The number of carbonyl (C=O) groups excluding carboxylic acids is 1. The van der Waals surface area contributed by atoms with Gasteiger partial charge in [0.25, 0.3) is 0 Å². The van der Waals surface area contributed by atoms with Crippen LogP contribution in [0.2, 0.25) is 0 Å². The zero-order valence-electron chi connectivity index (χ0n) is 9.81. The molecule has 1 amide bonds. The summed E-state index contributed by atoms with van der Waals surface area (Å²) >= 11 is 0. The van der Waals surface area contributed by atoms with Gasteiger partial charge in [-0.1, -0.05) is 0 Å². The first-order valence-electron chi connectivity index (χ1n) is 5.69. The van der Waals surface area contributed by atoms with Gasteiger partial charge in [0.05, 0.1) is 12.3 Å². The highest BCUT2D eigenvalue weighted by molar-refractivity contribution is 5.91. The van der Waals surface area contributed by atoms with Crippen LogP contribution >= 0.6 is 0 Å². The largest absolute Gasteiger partial charge is 0.371 e. The van der Waals surface area contributed by atoms with Crippen molar-refractivity contribution < 1.29 is 9.53 Å². The SMILES string of the molecule is Cn1cc(NC(=O)COCC2CC2)ccc1=O. The second-order valence-electron chi connectivity index (χ2n) is 4.37. The fourth-order valence-corrected chi connectivity index (χ4v) is 1.47. The molecule has 0 radical (unpaired) electrons. The lowest BCUT2D eigenvalue weighted by molar-refractivity contribution is -0.120. The number of rotatable bonds is 5. The van der Waals surface area contributed by atoms with Crippen LogP contribution in [0.25, 0.3) is 0 Å². The quantitative estimate of drug-likeness (QED) is 0.820. The van der Waals surface area contributed by atoms with Crippen molar-refractivity contribution in [2.45, 2.75) is 12.8 Å². The van der Waals surface area contributed by atoms with Gasteiger partial charge in [0.1, 0.15) is 6.61 Å². The summed E-state index contributed by atoms with van der Waals surface area (Å²) in [6.07, 6.45) is 4.01. The Balaban J connectivity index is 1.79. The summed E-state index contributed by atoms with van der Waals surface area (Å²) in [7, 11) is 1.64. The number of carbonyl (C=O) groups is 1. The number of hydrogen-bond acceptors (Lipinski definition) is 3. The second kappa shape index (κ2) is 5.14. The van der Waals surface area contributed by atoms with Gasteiger partial charge in [-0.25, -0.2) is 0 Å². The molecule has 1 aromatic rings. The molecule has 0 atom stereocenters. The third kappa shape index (κ3) is 3.71. The van der Waals surface area contributed by atoms with Crippen molar-refractivity contribution in [2.24, 2.45) is 13.0 Å². The van der Waals surface area contributed by atoms with Gasteiger partial charge >= 0.3 is 0 Å². The number of amides is 1. The normalized spacial score (nSPS) is 14.6. The monoisotopic (exact) mass is 236 g/mol. The number of anilines is 1. The maximum atomic E-state index is 11.5. The Bertz CT molecular complexity index is 463. The van der Waals surface area contributed by atoms with E-state index < -0.39 is 0 Å². The van der Waals surface area contributed by atoms with Crippen molar-refractivity contribution in [3.8, 4) is 0 Å². The zero-order chi connectivity index (χ0) is 12.3. The Kier molecular flexibility index (Phi) is 3.58. The van der Waals surface area contributed by atoms with Gasteiger partial charge in [-0.3, -0.25) is 9.59 Å². The van der Waals surface area contributed by atoms with Crippen LogP contribution in [-0.4, -0.2) is 23.7 Å². The summed E-state index contributed by atoms with van der Waals surface area (Å²) in [5.41, 5.74) is 0.500. The highest BCUT2D eigenvalue weighted by Crippen LogP contribution is 2.28. The summed E-state index contributed by atoms with van der Waals surface area (Å²) < 4.78 is 6.68. The molecule has 0 aromatic carbocycles. The van der Waals surface area contributed by atoms with E-state index in [4.69, 9.17) is 4.74 Å². The van der Waals surface area contributed by atoms with E-state index in [-0.39, 0.29) is 18.1 Å². The van der Waals surface area contributed by atoms with Crippen LogP contribution in [0.15, 0.2) is 23.1 Å². The minimum Gasteiger partial charge on any atom is -0.371 e. The molecule has 1 heterocycles. The third-order valence-electron chi connectivity index (χ3n) is 2.65. The summed E-state index contributed by atoms with van der Waals surface area (Å²) in [6, 6.07) is 3.00. The highest BCUT2D eigenvalue weighted by atomic mass is 16.5. The molecule has 5 heteroatoms. The minimum atomic E-state index is -0.190. The molecule has 0 aliphatic heterocycles. The Morgan fingerprint density at radius 2 is 2.29 bits per heavy atom. The summed E-state index contributed by atoms with van der Waals surface area (Å²) in [5.74, 6) is 0.463. The van der Waals surface area contributed by atoms with E-state index in [1.165, 1.54) is 23.5 Å². The number of ether oxygens (including phenoxy) is 1. The van der Waals surface area contributed by atoms with Crippen molar-refractivity contribution in [1.29, 1.82) is 0 Å². The molecule has 0 saturated heterocycles. The van der Waals surface area contributed by atoms with Crippen molar-refractivity contribution >= 4 is 11.6 Å². The molecule has 17 heavy (non-hydrogen) atoms. The average Bonchev–Trinajstić information content (AvgIpc) is 3.07. The fourth-order valence-electron chi connectivity index (χ4n) is 1.47. The van der Waals surface area contributed by atoms with E-state index in [1.807, 2.05) is 0 Å². The molecule has 1 aliphatic carbocycles. The first kappa shape index (κ1) is 11.9. The van der Waals surface area contributed by atoms with Crippen LogP contribution in [0.4, 0.5) is 5.69 Å². The Morgan fingerprint density at radius 3 is 2.94 bits per heavy atom. The maximum absolute atomic E-state index is 11.5. The van der Waals surface area contributed by atoms with E-state index >= 15 is 0 Å². The second-order valence-corrected chi connectivity index (χ2v) is 4.37. The number of aryl methyl sites for hydroxylation is 1. The number of nitrogens with zero attached hydrogens (tertiary/aromatic N) is 1. The van der Waals surface area contributed by atoms with Gasteiger partial charge in [-0.2, -0.15) is 0 Å². The van der Waals surface area contributed by atoms with E-state index in [1.54, 1.807) is 19.3 Å². The van der Waals surface area contributed by atoms with Gasteiger partial charge in [-0.15, -0.1) is 0 Å². The van der Waals surface area contributed by atoms with Crippen LogP contribution in [0.3, 0.4) is 0 Å². The van der Waals surface area contributed by atoms with Gasteiger partial charge in [-0.05, 0) is 24.8 Å². The molecule has 0 spiro atoms. The van der Waals surface area contributed by atoms with Gasteiger partial charge in [0, 0.05) is 19.3 Å². The fraction of sp³-hybridized carbons (Fsp3) is 0.500. The van der Waals surface area contributed by atoms with Gasteiger partial charge in [0.2, 0.25) is 11.5 Å². The highest BCUT2D eigenvalue weighted by Gasteiger charge is 2.21. The Hall–Kier alpha value is -1.62. The molecule has 0 unspecified atom stereocenters. The number of aromatic nitrogens is 1. The smallest absolute Gasteiger partial charge is 0.250 e. The van der Waals surface area contributed by atoms with Gasteiger partial charge < -0.3 is 14.6 Å². The maximum Gasteiger partial charge on any atom is 0.250 e. The Labute approximate surface area is 99.4 Å². The van der Waals surface area contributed by atoms with Crippen molar-refractivity contribution in [3.63, 3.8) is 0 Å². The third-order valence-corrected chi connectivity index (χ3v) is 2.65. The van der Waals surface area contributed by atoms with E-state index in [0.29, 0.717) is 18.2 Å². The number of pyridine rings is 1. The van der Waals surface area contributed by atoms with Crippen LogP contribution in [-0.2, 0) is 16.6 Å². The molecule has 5 nitrogen and oxygen atoms in total. The summed E-state index contributed by atoms with van der Waals surface area (Å²) in [4.78, 5) is 22.6. The lowest BCUT2D eigenvalue weighted by Crippen LogP contribution is -2.21. The van der Waals surface area contributed by atoms with Crippen LogP contribution in [0.1, 0.15) is 12.8 Å². The molecule has 1 saturated carbocycles. The number of nitrogens with one attached hydrogen (secondary N) is 1. The predicted molar refractivity (Wildman–Crippen MR) is 63.9 cm³/mol. The van der Waals surface area contributed by atoms with Crippen LogP contribution < -0.4 is 10.9 Å². The molecular weight excluding hydrogens is 220 g/mol. The van der Waals surface area contributed by atoms with Gasteiger partial charge in [0.15, 0.2) is 0 Å². The van der Waals surface area contributed by atoms with Crippen molar-refractivity contribution in [2.75, 3.05) is 18.5 Å². The average molecular weight is 236 g/mol. The molecule has 0 bridgehead atoms. The van der Waals surface area contributed by atoms with E-state index in [0.717, 1.165) is 0 Å². The predicted octanol–water partition coefficient (Wildman–Crippen LogP) is 0.750. The summed E-state index contributed by atoms with van der Waals surface area (Å²) in [5, 5.41) is 2.68. The molecule has 1 N–H and O–H groups in total. The van der Waals surface area contributed by atoms with Crippen molar-refractivity contribution in [3.05, 3.63) is 28.7 Å². The molecule has 1 aromatic heterocycles. The first-order valence-corrected chi connectivity index (χ1v) is 5.69. The van der Waals surface area contributed by atoms with Crippen LogP contribution in [0, 0.1) is 5.92 Å². The lowest BCUT2D eigenvalue weighted by Gasteiger charge is -2.06. The van der Waals surface area contributed by atoms with E-state index in [9.17, 15) is 9.59 Å². The minimum absolute atomic E-state index is 0.0688. The zero-order valence-corrected chi connectivity index (χ0v) is 9.81. The summed E-state index contributed by atoms with van der Waals surface area (Å²) in [6.45, 7) is 0.736. The molecular formula is C12H16N2O3. The molecule has 1 aliphatic rings. The Morgan fingerprint density at radius 1 is 1.53 bits per heavy atom. The standard InChI is InChI=1S/C12H16N2O3/c1-14-6-10(4-5-12(14)16)13-11(15)8-17-7-9-2-3-9/h4-6,9H,2-3,7-8H2,1H3,(H,13,15). The molecule has 2 rings (SSSR count). The molecule has 92 valence electrons. The van der Waals surface area contributed by atoms with Crippen LogP contribution in [0.5, 0.6) is 0 Å². The number of hydrogen-bond donors (Lipinski definition) is 1. The lowest BCUT2D eigenvalue weighted by atomic mass is 10.4. The van der Waals surface area contributed by atoms with E-state index in [2.05, 4.69) is 5.32 Å². The first-order chi connectivity index (χ1) is 8.15. The molecule has 1 fully saturated rings. The van der Waals surface area contributed by atoms with Crippen molar-refractivity contribution in [1.82, 2.24) is 4.57 Å². The topological polar surface area (TPSA) is 60.3 Å².